The average Bonchev–Trinajstić information content (AvgIpc) is 3.13. The summed E-state index contributed by atoms with van der Waals surface area (Å²) >= 11 is 1.40. The smallest absolute Gasteiger partial charge is 0.302 e. The molecule has 2 heterocycles. The first kappa shape index (κ1) is 16.9. The summed E-state index contributed by atoms with van der Waals surface area (Å²) in [5, 5.41) is 9.05. The number of hydrogen-bond donors (Lipinski definition) is 2. The number of rotatable bonds is 4. The van der Waals surface area contributed by atoms with E-state index in [4.69, 9.17) is 0 Å². The summed E-state index contributed by atoms with van der Waals surface area (Å²) in [4.78, 5) is 17.6. The topological polar surface area (TPSA) is 70.7 Å². The normalized spacial score (nSPS) is 17.6. The van der Waals surface area contributed by atoms with Crippen LogP contribution in [0.25, 0.3) is 0 Å². The second kappa shape index (κ2) is 6.54. The summed E-state index contributed by atoms with van der Waals surface area (Å²) in [5.74, 6) is -0.790. The van der Waals surface area contributed by atoms with Crippen LogP contribution < -0.4 is 5.32 Å². The van der Waals surface area contributed by atoms with Crippen LogP contribution in [0, 0.1) is 5.92 Å². The second-order valence-corrected chi connectivity index (χ2v) is 6.95. The Morgan fingerprint density at radius 2 is 2.29 bits per heavy atom. The lowest BCUT2D eigenvalue weighted by Gasteiger charge is -2.21. The second-order valence-electron chi connectivity index (χ2n) is 5.84. The molecular formula is C15H17F3N4OS. The highest BCUT2D eigenvalue weighted by molar-refractivity contribution is 7.15. The molecule has 130 valence electrons. The third-order valence-corrected chi connectivity index (χ3v) is 5.04. The van der Waals surface area contributed by atoms with Crippen LogP contribution in [-0.4, -0.2) is 21.1 Å². The van der Waals surface area contributed by atoms with Crippen molar-refractivity contribution in [3.05, 3.63) is 28.0 Å². The van der Waals surface area contributed by atoms with Crippen molar-refractivity contribution in [2.24, 2.45) is 5.92 Å². The monoisotopic (exact) mass is 358 g/mol. The lowest BCUT2D eigenvalue weighted by Crippen LogP contribution is -2.28. The zero-order valence-electron chi connectivity index (χ0n) is 13.0. The van der Waals surface area contributed by atoms with E-state index in [0.29, 0.717) is 23.7 Å². The molecule has 1 amide bonds. The number of fused-ring (bicyclic) bond motifs is 1. The Bertz CT molecular complexity index is 737. The summed E-state index contributed by atoms with van der Waals surface area (Å²) < 4.78 is 38.9. The first-order chi connectivity index (χ1) is 11.4. The Morgan fingerprint density at radius 3 is 3.00 bits per heavy atom. The summed E-state index contributed by atoms with van der Waals surface area (Å²) in [6, 6.07) is 0. The lowest BCUT2D eigenvalue weighted by molar-refractivity contribution is -0.142. The predicted molar refractivity (Wildman–Crippen MR) is 83.8 cm³/mol. The number of aromatic nitrogens is 3. The maximum Gasteiger partial charge on any atom is 0.435 e. The number of carbonyl (C=O) groups excluding carboxylic acids is 1. The quantitative estimate of drug-likeness (QED) is 0.878. The molecule has 1 aliphatic rings. The molecule has 5 nitrogen and oxygen atoms in total. The molecule has 24 heavy (non-hydrogen) atoms. The number of alkyl halides is 3. The van der Waals surface area contributed by atoms with E-state index in [1.165, 1.54) is 11.3 Å². The van der Waals surface area contributed by atoms with Gasteiger partial charge in [0.15, 0.2) is 10.8 Å². The Labute approximate surface area is 140 Å². The van der Waals surface area contributed by atoms with E-state index in [1.807, 2.05) is 0 Å². The minimum atomic E-state index is -4.51. The zero-order valence-corrected chi connectivity index (χ0v) is 13.9. The highest BCUT2D eigenvalue weighted by atomic mass is 32.1. The molecule has 1 aliphatic carbocycles. The van der Waals surface area contributed by atoms with E-state index in [-0.39, 0.29) is 17.9 Å². The average molecular weight is 358 g/mol. The first-order valence-electron chi connectivity index (χ1n) is 7.77. The largest absolute Gasteiger partial charge is 0.435 e. The van der Waals surface area contributed by atoms with E-state index in [9.17, 15) is 18.0 Å². The molecule has 0 aliphatic heterocycles. The van der Waals surface area contributed by atoms with Crippen molar-refractivity contribution in [3.63, 3.8) is 0 Å². The molecule has 0 bridgehead atoms. The Balaban J connectivity index is 1.70. The van der Waals surface area contributed by atoms with Gasteiger partial charge in [0.1, 0.15) is 0 Å². The van der Waals surface area contributed by atoms with Gasteiger partial charge >= 0.3 is 6.18 Å². The molecule has 0 radical (unpaired) electrons. The fourth-order valence-electron chi connectivity index (χ4n) is 2.89. The van der Waals surface area contributed by atoms with Gasteiger partial charge < -0.3 is 5.32 Å². The molecule has 0 saturated heterocycles. The van der Waals surface area contributed by atoms with Crippen molar-refractivity contribution in [2.75, 3.05) is 5.32 Å². The van der Waals surface area contributed by atoms with Gasteiger partial charge in [-0.05, 0) is 25.7 Å². The van der Waals surface area contributed by atoms with E-state index in [1.54, 1.807) is 6.20 Å². The minimum absolute atomic E-state index is 0.0414. The van der Waals surface area contributed by atoms with E-state index in [0.717, 1.165) is 17.7 Å². The van der Waals surface area contributed by atoms with Crippen molar-refractivity contribution >= 4 is 22.4 Å². The Hall–Kier alpha value is -1.90. The summed E-state index contributed by atoms with van der Waals surface area (Å²) in [6.07, 6.45) is 0.0139. The Morgan fingerprint density at radius 1 is 1.50 bits per heavy atom. The number of thiazole rings is 1. The van der Waals surface area contributed by atoms with Gasteiger partial charge in [0.25, 0.3) is 0 Å². The molecule has 0 fully saturated rings. The lowest BCUT2D eigenvalue weighted by atomic mass is 9.86. The standard InChI is InChI=1S/C15H17F3N4OS/c1-2-3-9-7-19-14(24-9)20-13(23)8-4-5-11-10(6-8)12(22-21-11)15(16,17)18/h7-8H,2-6H2,1H3,(H,21,22)(H,19,20,23). The molecule has 2 N–H and O–H groups in total. The number of nitrogens with one attached hydrogen (secondary N) is 2. The number of amides is 1. The van der Waals surface area contributed by atoms with Crippen LogP contribution in [0.5, 0.6) is 0 Å². The van der Waals surface area contributed by atoms with Crippen LogP contribution in [-0.2, 0) is 30.2 Å². The number of nitrogens with zero attached hydrogens (tertiary/aromatic N) is 2. The molecular weight excluding hydrogens is 341 g/mol. The fraction of sp³-hybridized carbons (Fsp3) is 0.533. The minimum Gasteiger partial charge on any atom is -0.302 e. The van der Waals surface area contributed by atoms with Crippen molar-refractivity contribution in [1.82, 2.24) is 15.2 Å². The predicted octanol–water partition coefficient (Wildman–Crippen LogP) is 3.58. The first-order valence-corrected chi connectivity index (χ1v) is 8.59. The van der Waals surface area contributed by atoms with E-state index in [2.05, 4.69) is 27.4 Å². The summed E-state index contributed by atoms with van der Waals surface area (Å²) in [6.45, 7) is 2.06. The van der Waals surface area contributed by atoms with Gasteiger partial charge in [-0.1, -0.05) is 13.3 Å². The van der Waals surface area contributed by atoms with Gasteiger partial charge in [0, 0.05) is 28.2 Å². The van der Waals surface area contributed by atoms with Crippen LogP contribution >= 0.6 is 11.3 Å². The Kier molecular flexibility index (Phi) is 4.62. The highest BCUT2D eigenvalue weighted by Gasteiger charge is 2.40. The molecule has 0 aromatic carbocycles. The van der Waals surface area contributed by atoms with Gasteiger partial charge in [0.05, 0.1) is 0 Å². The molecule has 2 aromatic heterocycles. The maximum absolute atomic E-state index is 13.0. The van der Waals surface area contributed by atoms with Crippen LogP contribution in [0.2, 0.25) is 0 Å². The van der Waals surface area contributed by atoms with Crippen molar-refractivity contribution < 1.29 is 18.0 Å². The van der Waals surface area contributed by atoms with Gasteiger partial charge in [-0.15, -0.1) is 11.3 Å². The maximum atomic E-state index is 13.0. The zero-order chi connectivity index (χ0) is 17.3. The number of aromatic amines is 1. The number of H-pyrrole nitrogens is 1. The van der Waals surface area contributed by atoms with Crippen molar-refractivity contribution in [1.29, 1.82) is 0 Å². The molecule has 1 unspecified atom stereocenters. The third-order valence-electron chi connectivity index (χ3n) is 4.07. The number of anilines is 1. The highest BCUT2D eigenvalue weighted by Crippen LogP contribution is 2.36. The van der Waals surface area contributed by atoms with Gasteiger partial charge in [-0.25, -0.2) is 4.98 Å². The van der Waals surface area contributed by atoms with Crippen molar-refractivity contribution in [3.8, 4) is 0 Å². The number of aryl methyl sites for hydroxylation is 2. The summed E-state index contributed by atoms with van der Waals surface area (Å²) in [7, 11) is 0. The number of hydrogen-bond acceptors (Lipinski definition) is 4. The molecule has 3 rings (SSSR count). The van der Waals surface area contributed by atoms with Crippen LogP contribution in [0.1, 0.15) is 41.6 Å². The third kappa shape index (κ3) is 3.45. The van der Waals surface area contributed by atoms with Gasteiger partial charge in [-0.2, -0.15) is 18.3 Å². The molecule has 0 spiro atoms. The van der Waals surface area contributed by atoms with Crippen LogP contribution in [0.3, 0.4) is 0 Å². The fourth-order valence-corrected chi connectivity index (χ4v) is 3.80. The van der Waals surface area contributed by atoms with Gasteiger partial charge in [-0.3, -0.25) is 9.89 Å². The van der Waals surface area contributed by atoms with E-state index >= 15 is 0 Å². The molecule has 2 aromatic rings. The van der Waals surface area contributed by atoms with Crippen LogP contribution in [0.4, 0.5) is 18.3 Å². The molecule has 0 saturated carbocycles. The summed E-state index contributed by atoms with van der Waals surface area (Å²) in [5.41, 5.74) is -0.319. The van der Waals surface area contributed by atoms with E-state index < -0.39 is 17.8 Å². The molecule has 9 heteroatoms. The number of carbonyl (C=O) groups is 1. The van der Waals surface area contributed by atoms with Crippen LogP contribution in [0.15, 0.2) is 6.20 Å². The molecule has 1 atom stereocenters. The van der Waals surface area contributed by atoms with Crippen molar-refractivity contribution in [2.45, 2.75) is 45.2 Å². The SMILES string of the molecule is CCCc1cnc(NC(=O)C2CCc3[nH]nc(C(F)(F)F)c3C2)s1. The number of halogens is 3. The van der Waals surface area contributed by atoms with Gasteiger partial charge in [0.2, 0.25) is 5.91 Å².